The maximum Gasteiger partial charge on any atom is 0.0512 e. The molecule has 0 radical (unpaired) electrons. The highest BCUT2D eigenvalue weighted by atomic mass is 16.3. The molecule has 0 spiro atoms. The molecule has 2 nitrogen and oxygen atoms in total. The molecule has 0 aromatic carbocycles. The summed E-state index contributed by atoms with van der Waals surface area (Å²) in [6.07, 6.45) is 11.7. The molecule has 0 aliphatic rings. The Morgan fingerprint density at radius 2 is 1.22 bits per heavy atom. The Hall–Kier alpha value is -0.0800. The Bertz CT molecular complexity index is 166. The van der Waals surface area contributed by atoms with Crippen molar-refractivity contribution in [3.63, 3.8) is 0 Å². The molecule has 0 amide bonds. The normalized spacial score (nSPS) is 16.5. The van der Waals surface area contributed by atoms with Crippen LogP contribution in [0, 0.1) is 5.92 Å². The number of hydrogen-bond acceptors (Lipinski definition) is 2. The summed E-state index contributed by atoms with van der Waals surface area (Å²) in [7, 11) is 0. The van der Waals surface area contributed by atoms with Gasteiger partial charge in [0.05, 0.1) is 12.2 Å². The molecular formula is C16H34O2. The number of hydrogen-bond donors (Lipinski definition) is 2. The molecule has 0 aromatic rings. The van der Waals surface area contributed by atoms with Crippen LogP contribution >= 0.6 is 0 Å². The van der Waals surface area contributed by atoms with Crippen molar-refractivity contribution in [2.75, 3.05) is 0 Å². The van der Waals surface area contributed by atoms with E-state index < -0.39 is 0 Å². The van der Waals surface area contributed by atoms with Crippen molar-refractivity contribution in [2.24, 2.45) is 5.92 Å². The van der Waals surface area contributed by atoms with Crippen LogP contribution in [-0.4, -0.2) is 22.4 Å². The molecule has 0 bridgehead atoms. The molecular weight excluding hydrogens is 224 g/mol. The van der Waals surface area contributed by atoms with Crippen molar-refractivity contribution in [1.82, 2.24) is 0 Å². The summed E-state index contributed by atoms with van der Waals surface area (Å²) < 4.78 is 0. The first-order valence-corrected chi connectivity index (χ1v) is 7.92. The third-order valence-corrected chi connectivity index (χ3v) is 3.67. The monoisotopic (exact) mass is 258 g/mol. The van der Waals surface area contributed by atoms with E-state index in [1.165, 1.54) is 44.9 Å². The molecule has 18 heavy (non-hydrogen) atoms. The minimum absolute atomic E-state index is 0.135. The van der Waals surface area contributed by atoms with Crippen molar-refractivity contribution in [3.05, 3.63) is 0 Å². The Labute approximate surface area is 114 Å². The Morgan fingerprint density at radius 3 is 1.72 bits per heavy atom. The van der Waals surface area contributed by atoms with Crippen molar-refractivity contribution in [3.8, 4) is 0 Å². The number of unbranched alkanes of at least 4 members (excludes halogenated alkanes) is 3. The lowest BCUT2D eigenvalue weighted by atomic mass is 9.91. The zero-order chi connectivity index (χ0) is 13.8. The van der Waals surface area contributed by atoms with Gasteiger partial charge in [-0.15, -0.1) is 0 Å². The smallest absolute Gasteiger partial charge is 0.0512 e. The van der Waals surface area contributed by atoms with Gasteiger partial charge >= 0.3 is 0 Å². The van der Waals surface area contributed by atoms with E-state index in [0.717, 1.165) is 25.2 Å². The zero-order valence-corrected chi connectivity index (χ0v) is 12.7. The maximum absolute atomic E-state index is 9.34. The minimum atomic E-state index is -0.143. The fourth-order valence-corrected chi connectivity index (χ4v) is 2.54. The molecule has 2 N–H and O–H groups in total. The van der Waals surface area contributed by atoms with Crippen molar-refractivity contribution < 1.29 is 10.2 Å². The van der Waals surface area contributed by atoms with E-state index >= 15 is 0 Å². The molecule has 0 rings (SSSR count). The average molecular weight is 258 g/mol. The fraction of sp³-hybridized carbons (Fsp3) is 1.00. The van der Waals surface area contributed by atoms with Gasteiger partial charge < -0.3 is 10.2 Å². The summed E-state index contributed by atoms with van der Waals surface area (Å²) in [4.78, 5) is 0. The van der Waals surface area contributed by atoms with Crippen LogP contribution < -0.4 is 0 Å². The summed E-state index contributed by atoms with van der Waals surface area (Å²) in [6.45, 7) is 6.00. The summed E-state index contributed by atoms with van der Waals surface area (Å²) >= 11 is 0. The summed E-state index contributed by atoms with van der Waals surface area (Å²) in [5.41, 5.74) is 0. The second-order valence-corrected chi connectivity index (χ2v) is 5.92. The van der Waals surface area contributed by atoms with E-state index in [9.17, 15) is 5.11 Å². The highest BCUT2D eigenvalue weighted by molar-refractivity contribution is 4.62. The van der Waals surface area contributed by atoms with Gasteiger partial charge in [0.2, 0.25) is 0 Å². The van der Waals surface area contributed by atoms with Crippen molar-refractivity contribution in [2.45, 2.75) is 97.2 Å². The molecule has 110 valence electrons. The molecule has 3 atom stereocenters. The lowest BCUT2D eigenvalue weighted by Gasteiger charge is -2.17. The van der Waals surface area contributed by atoms with Crippen LogP contribution in [0.5, 0.6) is 0 Å². The van der Waals surface area contributed by atoms with Crippen molar-refractivity contribution >= 4 is 0 Å². The third kappa shape index (κ3) is 12.4. The van der Waals surface area contributed by atoms with E-state index in [0.29, 0.717) is 0 Å². The summed E-state index contributed by atoms with van der Waals surface area (Å²) in [5, 5.41) is 18.5. The largest absolute Gasteiger partial charge is 0.393 e. The van der Waals surface area contributed by atoms with Gasteiger partial charge in [0.1, 0.15) is 0 Å². The van der Waals surface area contributed by atoms with Crippen LogP contribution in [0.4, 0.5) is 0 Å². The minimum Gasteiger partial charge on any atom is -0.393 e. The van der Waals surface area contributed by atoms with E-state index in [1.807, 2.05) is 13.8 Å². The predicted octanol–water partition coefficient (Wildman–Crippen LogP) is 4.29. The van der Waals surface area contributed by atoms with E-state index in [1.54, 1.807) is 0 Å². The van der Waals surface area contributed by atoms with Gasteiger partial charge in [-0.1, -0.05) is 51.9 Å². The standard InChI is InChI=1S/C16H34O2/c1-4-9-16(13-12-15(3)18)11-8-6-5-7-10-14(2)17/h14-18H,4-13H2,1-3H3. The van der Waals surface area contributed by atoms with Gasteiger partial charge in [-0.2, -0.15) is 0 Å². The Balaban J connectivity index is 3.51. The number of rotatable bonds is 12. The molecule has 0 fully saturated rings. The third-order valence-electron chi connectivity index (χ3n) is 3.67. The van der Waals surface area contributed by atoms with Gasteiger partial charge in [0.15, 0.2) is 0 Å². The summed E-state index contributed by atoms with van der Waals surface area (Å²) in [6, 6.07) is 0. The molecule has 2 heteroatoms. The quantitative estimate of drug-likeness (QED) is 0.513. The lowest BCUT2D eigenvalue weighted by molar-refractivity contribution is 0.170. The second-order valence-electron chi connectivity index (χ2n) is 5.92. The highest BCUT2D eigenvalue weighted by Gasteiger charge is 2.09. The van der Waals surface area contributed by atoms with Gasteiger partial charge in [0.25, 0.3) is 0 Å². The van der Waals surface area contributed by atoms with Crippen molar-refractivity contribution in [1.29, 1.82) is 0 Å². The van der Waals surface area contributed by atoms with Crippen LogP contribution in [0.1, 0.15) is 85.0 Å². The van der Waals surface area contributed by atoms with Crippen LogP contribution in [0.25, 0.3) is 0 Å². The first kappa shape index (κ1) is 17.9. The molecule has 0 aromatic heterocycles. The molecule has 0 heterocycles. The average Bonchev–Trinajstić information content (AvgIpc) is 2.29. The number of aliphatic hydroxyl groups excluding tert-OH is 2. The van der Waals surface area contributed by atoms with Gasteiger partial charge in [-0.05, 0) is 39.0 Å². The topological polar surface area (TPSA) is 40.5 Å². The van der Waals surface area contributed by atoms with E-state index in [-0.39, 0.29) is 12.2 Å². The number of aliphatic hydroxyl groups is 2. The van der Waals surface area contributed by atoms with E-state index in [2.05, 4.69) is 6.92 Å². The van der Waals surface area contributed by atoms with Crippen LogP contribution in [0.15, 0.2) is 0 Å². The first-order chi connectivity index (χ1) is 8.56. The molecule has 0 aliphatic carbocycles. The first-order valence-electron chi connectivity index (χ1n) is 7.92. The van der Waals surface area contributed by atoms with Crippen LogP contribution in [0.3, 0.4) is 0 Å². The lowest BCUT2D eigenvalue weighted by Crippen LogP contribution is -2.06. The highest BCUT2D eigenvalue weighted by Crippen LogP contribution is 2.22. The van der Waals surface area contributed by atoms with Gasteiger partial charge in [0, 0.05) is 0 Å². The van der Waals surface area contributed by atoms with Gasteiger partial charge in [-0.3, -0.25) is 0 Å². The molecule has 0 aliphatic heterocycles. The molecule has 3 unspecified atom stereocenters. The predicted molar refractivity (Wildman–Crippen MR) is 78.7 cm³/mol. The summed E-state index contributed by atoms with van der Waals surface area (Å²) in [5.74, 6) is 0.807. The molecule has 0 saturated carbocycles. The molecule has 0 saturated heterocycles. The SMILES string of the molecule is CCCC(CCCCCCC(C)O)CCC(C)O. The fourth-order valence-electron chi connectivity index (χ4n) is 2.54. The maximum atomic E-state index is 9.34. The van der Waals surface area contributed by atoms with Crippen LogP contribution in [0.2, 0.25) is 0 Å². The zero-order valence-electron chi connectivity index (χ0n) is 12.7. The Kier molecular flexibility index (Phi) is 11.9. The van der Waals surface area contributed by atoms with Crippen LogP contribution in [-0.2, 0) is 0 Å². The van der Waals surface area contributed by atoms with E-state index in [4.69, 9.17) is 5.11 Å². The van der Waals surface area contributed by atoms with Gasteiger partial charge in [-0.25, -0.2) is 0 Å². The Morgan fingerprint density at radius 1 is 0.667 bits per heavy atom. The second kappa shape index (κ2) is 12.0.